The van der Waals surface area contributed by atoms with Gasteiger partial charge in [0.05, 0.1) is 12.9 Å². The monoisotopic (exact) mass is 288 g/mol. The number of nitrogens with one attached hydrogen (secondary N) is 1. The summed E-state index contributed by atoms with van der Waals surface area (Å²) in [5, 5.41) is 0. The number of hydrogen-bond donors (Lipinski definition) is 2. The Morgan fingerprint density at radius 2 is 2.16 bits per heavy atom. The molecule has 0 heterocycles. The summed E-state index contributed by atoms with van der Waals surface area (Å²) in [5.74, 6) is -0.429. The average molecular weight is 288 g/mol. The van der Waals surface area contributed by atoms with Crippen molar-refractivity contribution < 1.29 is 22.7 Å². The number of carbonyl (C=O) groups is 1. The Labute approximate surface area is 111 Å². The van der Waals surface area contributed by atoms with Gasteiger partial charge in [0.25, 0.3) is 0 Å². The van der Waals surface area contributed by atoms with Crippen LogP contribution in [0.2, 0.25) is 0 Å². The summed E-state index contributed by atoms with van der Waals surface area (Å²) in [5.41, 5.74) is 6.08. The van der Waals surface area contributed by atoms with E-state index in [9.17, 15) is 13.2 Å². The van der Waals surface area contributed by atoms with Crippen LogP contribution in [0.4, 0.5) is 5.69 Å². The van der Waals surface area contributed by atoms with Crippen molar-refractivity contribution in [2.24, 2.45) is 0 Å². The molecule has 0 saturated heterocycles. The second-order valence-corrected chi connectivity index (χ2v) is 5.56. The van der Waals surface area contributed by atoms with Crippen LogP contribution in [0.5, 0.6) is 5.75 Å². The average Bonchev–Trinajstić information content (AvgIpc) is 2.36. The summed E-state index contributed by atoms with van der Waals surface area (Å²) in [7, 11) is -2.39. The van der Waals surface area contributed by atoms with E-state index in [-0.39, 0.29) is 12.4 Å². The number of hydrogen-bond acceptors (Lipinski definition) is 6. The fourth-order valence-corrected chi connectivity index (χ4v) is 1.97. The normalized spacial score (nSPS) is 11.0. The number of rotatable bonds is 7. The van der Waals surface area contributed by atoms with Gasteiger partial charge in [0.1, 0.15) is 18.9 Å². The van der Waals surface area contributed by atoms with E-state index in [1.54, 1.807) is 24.3 Å². The van der Waals surface area contributed by atoms with Crippen molar-refractivity contribution in [1.82, 2.24) is 4.72 Å². The van der Waals surface area contributed by atoms with Crippen LogP contribution < -0.4 is 15.2 Å². The summed E-state index contributed by atoms with van der Waals surface area (Å²) in [4.78, 5) is 10.8. The largest absolute Gasteiger partial charge is 0.492 e. The van der Waals surface area contributed by atoms with Gasteiger partial charge in [0.2, 0.25) is 10.0 Å². The third kappa shape index (κ3) is 6.07. The topological polar surface area (TPSA) is 108 Å². The molecule has 106 valence electrons. The summed E-state index contributed by atoms with van der Waals surface area (Å²) in [6.07, 6.45) is 0. The Balaban J connectivity index is 2.37. The molecular weight excluding hydrogens is 272 g/mol. The summed E-state index contributed by atoms with van der Waals surface area (Å²) in [6.45, 7) is -0.433. The van der Waals surface area contributed by atoms with Gasteiger partial charge >= 0.3 is 5.97 Å². The molecule has 0 amide bonds. The molecule has 0 aromatic heterocycles. The molecule has 19 heavy (non-hydrogen) atoms. The van der Waals surface area contributed by atoms with E-state index in [1.807, 2.05) is 0 Å². The minimum atomic E-state index is -3.57. The molecule has 0 bridgehead atoms. The lowest BCUT2D eigenvalue weighted by atomic mass is 10.3. The van der Waals surface area contributed by atoms with Crippen LogP contribution in [0.15, 0.2) is 24.3 Å². The predicted octanol–water partition coefficient (Wildman–Crippen LogP) is -0.260. The third-order valence-corrected chi connectivity index (χ3v) is 3.43. The lowest BCUT2D eigenvalue weighted by Gasteiger charge is -2.08. The molecule has 3 N–H and O–H groups in total. The predicted molar refractivity (Wildman–Crippen MR) is 70.2 cm³/mol. The molecule has 0 aliphatic heterocycles. The van der Waals surface area contributed by atoms with Crippen LogP contribution in [0, 0.1) is 0 Å². The molecule has 0 saturated carbocycles. The lowest BCUT2D eigenvalue weighted by molar-refractivity contribution is -0.139. The van der Waals surface area contributed by atoms with Crippen molar-refractivity contribution >= 4 is 21.7 Å². The quantitative estimate of drug-likeness (QED) is 0.528. The zero-order valence-electron chi connectivity index (χ0n) is 10.5. The Morgan fingerprint density at radius 1 is 1.42 bits per heavy atom. The number of methoxy groups -OCH3 is 1. The summed E-state index contributed by atoms with van der Waals surface area (Å²) < 4.78 is 34.6. The first-order chi connectivity index (χ1) is 8.93. The first-order valence-electron chi connectivity index (χ1n) is 5.45. The molecule has 0 atom stereocenters. The maximum absolute atomic E-state index is 11.5. The molecule has 0 fully saturated rings. The molecule has 0 aliphatic carbocycles. The maximum Gasteiger partial charge on any atom is 0.320 e. The van der Waals surface area contributed by atoms with E-state index in [0.717, 1.165) is 0 Å². The van der Waals surface area contributed by atoms with Gasteiger partial charge < -0.3 is 15.2 Å². The van der Waals surface area contributed by atoms with Crippen molar-refractivity contribution in [2.75, 3.05) is 31.7 Å². The number of anilines is 1. The summed E-state index contributed by atoms with van der Waals surface area (Å²) in [6, 6.07) is 6.66. The van der Waals surface area contributed by atoms with E-state index in [4.69, 9.17) is 10.5 Å². The van der Waals surface area contributed by atoms with E-state index in [1.165, 1.54) is 7.11 Å². The minimum Gasteiger partial charge on any atom is -0.492 e. The Bertz CT molecular complexity index is 530. The van der Waals surface area contributed by atoms with Gasteiger partial charge in [-0.2, -0.15) is 0 Å². The SMILES string of the molecule is COC(=O)CNS(=O)(=O)CCOc1cccc(N)c1. The Hall–Kier alpha value is -1.80. The van der Waals surface area contributed by atoms with Gasteiger partial charge in [0.15, 0.2) is 0 Å². The molecule has 1 aromatic rings. The zero-order valence-corrected chi connectivity index (χ0v) is 11.3. The standard InChI is InChI=1S/C11H16N2O5S/c1-17-11(14)8-13-19(15,16)6-5-18-10-4-2-3-9(12)7-10/h2-4,7,13H,5-6,8,12H2,1H3. The van der Waals surface area contributed by atoms with Crippen LogP contribution in [0.25, 0.3) is 0 Å². The van der Waals surface area contributed by atoms with Crippen LogP contribution in [-0.4, -0.2) is 40.4 Å². The van der Waals surface area contributed by atoms with Crippen molar-refractivity contribution in [3.8, 4) is 5.75 Å². The number of benzene rings is 1. The van der Waals surface area contributed by atoms with Crippen LogP contribution in [-0.2, 0) is 19.6 Å². The molecule has 1 rings (SSSR count). The number of sulfonamides is 1. The highest BCUT2D eigenvalue weighted by Gasteiger charge is 2.12. The zero-order chi connectivity index (χ0) is 14.3. The second kappa shape index (κ2) is 6.95. The fraction of sp³-hybridized carbons (Fsp3) is 0.364. The van der Waals surface area contributed by atoms with Crippen LogP contribution in [0.1, 0.15) is 0 Å². The van der Waals surface area contributed by atoms with Gasteiger partial charge in [-0.05, 0) is 12.1 Å². The van der Waals surface area contributed by atoms with Gasteiger partial charge in [0, 0.05) is 11.8 Å². The van der Waals surface area contributed by atoms with Crippen molar-refractivity contribution in [3.63, 3.8) is 0 Å². The van der Waals surface area contributed by atoms with Gasteiger partial charge in [-0.1, -0.05) is 6.07 Å². The van der Waals surface area contributed by atoms with E-state index in [0.29, 0.717) is 11.4 Å². The van der Waals surface area contributed by atoms with Crippen LogP contribution >= 0.6 is 0 Å². The molecule has 0 radical (unpaired) electrons. The van der Waals surface area contributed by atoms with E-state index >= 15 is 0 Å². The third-order valence-electron chi connectivity index (χ3n) is 2.14. The molecule has 0 aliphatic rings. The number of esters is 1. The minimum absolute atomic E-state index is 0.0417. The van der Waals surface area contributed by atoms with Crippen LogP contribution in [0.3, 0.4) is 0 Å². The highest BCUT2D eigenvalue weighted by molar-refractivity contribution is 7.89. The first-order valence-corrected chi connectivity index (χ1v) is 7.10. The first kappa shape index (κ1) is 15.3. The molecule has 7 nitrogen and oxygen atoms in total. The Kier molecular flexibility index (Phi) is 5.58. The van der Waals surface area contributed by atoms with Gasteiger partial charge in [-0.15, -0.1) is 0 Å². The fourth-order valence-electron chi connectivity index (χ4n) is 1.19. The number of nitrogen functional groups attached to an aromatic ring is 1. The molecular formula is C11H16N2O5S. The van der Waals surface area contributed by atoms with E-state index in [2.05, 4.69) is 9.46 Å². The highest BCUT2D eigenvalue weighted by Crippen LogP contribution is 2.14. The van der Waals surface area contributed by atoms with Crippen molar-refractivity contribution in [2.45, 2.75) is 0 Å². The van der Waals surface area contributed by atoms with E-state index < -0.39 is 22.5 Å². The van der Waals surface area contributed by atoms with Crippen molar-refractivity contribution in [3.05, 3.63) is 24.3 Å². The number of ether oxygens (including phenoxy) is 2. The maximum atomic E-state index is 11.5. The molecule has 0 spiro atoms. The smallest absolute Gasteiger partial charge is 0.320 e. The van der Waals surface area contributed by atoms with Gasteiger partial charge in [-0.25, -0.2) is 13.1 Å². The highest BCUT2D eigenvalue weighted by atomic mass is 32.2. The molecule has 1 aromatic carbocycles. The molecule has 8 heteroatoms. The van der Waals surface area contributed by atoms with Crippen molar-refractivity contribution in [1.29, 1.82) is 0 Å². The van der Waals surface area contributed by atoms with Gasteiger partial charge in [-0.3, -0.25) is 4.79 Å². The summed E-state index contributed by atoms with van der Waals surface area (Å²) >= 11 is 0. The lowest BCUT2D eigenvalue weighted by Crippen LogP contribution is -2.33. The molecule has 0 unspecified atom stereocenters. The number of nitrogens with two attached hydrogens (primary N) is 1. The number of carbonyl (C=O) groups excluding carboxylic acids is 1. The Morgan fingerprint density at radius 3 is 2.79 bits per heavy atom. The second-order valence-electron chi connectivity index (χ2n) is 3.64.